The molecule has 4 aromatic carbocycles. The fourth-order valence-electron chi connectivity index (χ4n) is 4.25. The molecule has 0 aliphatic heterocycles. The third-order valence-corrected chi connectivity index (χ3v) is 6.84. The fourth-order valence-corrected chi connectivity index (χ4v) is 5.41. The summed E-state index contributed by atoms with van der Waals surface area (Å²) in [6, 6.07) is 28.1. The lowest BCUT2D eigenvalue weighted by atomic mass is 9.97. The first-order valence-corrected chi connectivity index (χ1v) is 11.1. The summed E-state index contributed by atoms with van der Waals surface area (Å²) in [4.78, 5) is 9.34. The highest BCUT2D eigenvalue weighted by atomic mass is 32.1. The van der Waals surface area contributed by atoms with Crippen molar-refractivity contribution in [2.75, 3.05) is 7.11 Å². The number of rotatable bonds is 3. The number of nitrogens with zero attached hydrogens (tertiary/aromatic N) is 2. The highest BCUT2D eigenvalue weighted by molar-refractivity contribution is 7.26. The topological polar surface area (TPSA) is 55.2 Å². The largest absolute Gasteiger partial charge is 0.507 e. The molecule has 0 saturated carbocycles. The molecule has 5 heteroatoms. The van der Waals surface area contributed by atoms with E-state index in [2.05, 4.69) is 59.6 Å². The molecule has 0 fully saturated rings. The van der Waals surface area contributed by atoms with Gasteiger partial charge < -0.3 is 9.84 Å². The number of fused-ring (bicyclic) bond motifs is 5. The van der Waals surface area contributed by atoms with Gasteiger partial charge in [-0.2, -0.15) is 4.98 Å². The summed E-state index contributed by atoms with van der Waals surface area (Å²) in [6.07, 6.45) is 0. The van der Waals surface area contributed by atoms with Crippen molar-refractivity contribution >= 4 is 42.3 Å². The second kappa shape index (κ2) is 7.32. The van der Waals surface area contributed by atoms with Crippen molar-refractivity contribution in [1.29, 1.82) is 0 Å². The molecule has 0 aliphatic carbocycles. The molecule has 0 atom stereocenters. The first-order valence-electron chi connectivity index (χ1n) is 10.3. The van der Waals surface area contributed by atoms with Crippen LogP contribution < -0.4 is 4.74 Å². The molecule has 2 heterocycles. The van der Waals surface area contributed by atoms with Gasteiger partial charge in [0.15, 0.2) is 5.82 Å². The molecular weight excluding hydrogens is 416 g/mol. The van der Waals surface area contributed by atoms with Crippen molar-refractivity contribution in [3.8, 4) is 34.3 Å². The monoisotopic (exact) mass is 434 g/mol. The number of ether oxygens (including phenoxy) is 1. The van der Waals surface area contributed by atoms with Crippen molar-refractivity contribution in [1.82, 2.24) is 9.97 Å². The van der Waals surface area contributed by atoms with Crippen molar-refractivity contribution < 1.29 is 9.84 Å². The maximum absolute atomic E-state index is 10.4. The predicted molar refractivity (Wildman–Crippen MR) is 132 cm³/mol. The van der Waals surface area contributed by atoms with Crippen LogP contribution in [0.25, 0.3) is 53.6 Å². The lowest BCUT2D eigenvalue weighted by Gasteiger charge is -2.12. The van der Waals surface area contributed by atoms with Crippen LogP contribution in [0.15, 0.2) is 84.9 Å². The molecule has 0 bridgehead atoms. The first-order chi connectivity index (χ1) is 15.7. The average Bonchev–Trinajstić information content (AvgIpc) is 3.22. The number of benzene rings is 4. The smallest absolute Gasteiger partial charge is 0.217 e. The van der Waals surface area contributed by atoms with Gasteiger partial charge in [-0.15, -0.1) is 11.3 Å². The van der Waals surface area contributed by atoms with Crippen molar-refractivity contribution in [2.24, 2.45) is 0 Å². The summed E-state index contributed by atoms with van der Waals surface area (Å²) in [7, 11) is 1.59. The number of aromatic nitrogens is 2. The molecule has 0 aliphatic rings. The van der Waals surface area contributed by atoms with Crippen molar-refractivity contribution in [2.45, 2.75) is 0 Å². The quantitative estimate of drug-likeness (QED) is 0.324. The van der Waals surface area contributed by atoms with Crippen LogP contribution in [0.2, 0.25) is 0 Å². The van der Waals surface area contributed by atoms with Gasteiger partial charge in [-0.3, -0.25) is 0 Å². The second-order valence-electron chi connectivity index (χ2n) is 7.58. The lowest BCUT2D eigenvalue weighted by Crippen LogP contribution is -1.97. The van der Waals surface area contributed by atoms with E-state index < -0.39 is 0 Å². The first kappa shape index (κ1) is 18.8. The minimum Gasteiger partial charge on any atom is -0.507 e. The molecular formula is C27H18N2O2S. The van der Waals surface area contributed by atoms with E-state index in [9.17, 15) is 5.11 Å². The molecule has 0 saturated heterocycles. The van der Waals surface area contributed by atoms with Gasteiger partial charge in [-0.05, 0) is 35.0 Å². The van der Waals surface area contributed by atoms with Crippen LogP contribution in [-0.4, -0.2) is 22.2 Å². The Bertz CT molecular complexity index is 1640. The molecule has 4 nitrogen and oxygen atoms in total. The van der Waals surface area contributed by atoms with Crippen LogP contribution in [0.1, 0.15) is 0 Å². The van der Waals surface area contributed by atoms with E-state index in [1.54, 1.807) is 36.6 Å². The van der Waals surface area contributed by atoms with Crippen LogP contribution in [-0.2, 0) is 0 Å². The summed E-state index contributed by atoms with van der Waals surface area (Å²) < 4.78 is 7.97. The Hall–Kier alpha value is -3.96. The third-order valence-electron chi connectivity index (χ3n) is 5.72. The molecule has 0 radical (unpaired) electrons. The van der Waals surface area contributed by atoms with Gasteiger partial charge in [0.25, 0.3) is 0 Å². The van der Waals surface area contributed by atoms with E-state index in [1.807, 2.05) is 12.1 Å². The summed E-state index contributed by atoms with van der Waals surface area (Å²) in [5.41, 5.74) is 2.34. The van der Waals surface area contributed by atoms with Crippen molar-refractivity contribution in [3.63, 3.8) is 0 Å². The molecule has 1 N–H and O–H groups in total. The Labute approximate surface area is 188 Å². The van der Waals surface area contributed by atoms with E-state index in [4.69, 9.17) is 9.72 Å². The number of hydrogen-bond donors (Lipinski definition) is 1. The maximum atomic E-state index is 10.4. The Morgan fingerprint density at radius 3 is 2.25 bits per heavy atom. The van der Waals surface area contributed by atoms with E-state index in [0.717, 1.165) is 16.6 Å². The Balaban J connectivity index is 1.69. The number of aromatic hydroxyl groups is 1. The van der Waals surface area contributed by atoms with Gasteiger partial charge in [-0.1, -0.05) is 54.6 Å². The number of phenolic OH excluding ortho intramolecular Hbond substituents is 1. The lowest BCUT2D eigenvalue weighted by molar-refractivity contribution is 0.397. The summed E-state index contributed by atoms with van der Waals surface area (Å²) in [5.74, 6) is 1.02. The maximum Gasteiger partial charge on any atom is 0.217 e. The van der Waals surface area contributed by atoms with Crippen LogP contribution in [0.4, 0.5) is 0 Å². The highest BCUT2D eigenvalue weighted by Crippen LogP contribution is 2.43. The van der Waals surface area contributed by atoms with Crippen molar-refractivity contribution in [3.05, 3.63) is 84.9 Å². The van der Waals surface area contributed by atoms with E-state index in [1.165, 1.54) is 25.6 Å². The number of hydrogen-bond acceptors (Lipinski definition) is 5. The van der Waals surface area contributed by atoms with Crippen LogP contribution >= 0.6 is 11.3 Å². The molecule has 32 heavy (non-hydrogen) atoms. The van der Waals surface area contributed by atoms with Gasteiger partial charge in [0.2, 0.25) is 5.88 Å². The zero-order chi connectivity index (χ0) is 21.7. The summed E-state index contributed by atoms with van der Waals surface area (Å²) in [5, 5.41) is 15.2. The van der Waals surface area contributed by atoms with Gasteiger partial charge >= 0.3 is 0 Å². The van der Waals surface area contributed by atoms with E-state index >= 15 is 0 Å². The van der Waals surface area contributed by atoms with E-state index in [-0.39, 0.29) is 5.75 Å². The average molecular weight is 435 g/mol. The fraction of sp³-hybridized carbons (Fsp3) is 0.0370. The minimum atomic E-state index is 0.136. The van der Waals surface area contributed by atoms with Gasteiger partial charge in [-0.25, -0.2) is 4.98 Å². The van der Waals surface area contributed by atoms with Crippen LogP contribution in [0, 0.1) is 0 Å². The highest BCUT2D eigenvalue weighted by Gasteiger charge is 2.17. The normalized spacial score (nSPS) is 11.4. The predicted octanol–water partition coefficient (Wildman–Crippen LogP) is 7.05. The number of thiophene rings is 1. The van der Waals surface area contributed by atoms with Gasteiger partial charge in [0.05, 0.1) is 18.4 Å². The van der Waals surface area contributed by atoms with Crippen LogP contribution in [0.5, 0.6) is 11.6 Å². The molecule has 0 unspecified atom stereocenters. The zero-order valence-electron chi connectivity index (χ0n) is 17.2. The number of phenols is 1. The van der Waals surface area contributed by atoms with Gasteiger partial charge in [0, 0.05) is 31.8 Å². The third kappa shape index (κ3) is 2.90. The Morgan fingerprint density at radius 2 is 1.44 bits per heavy atom. The molecule has 6 aromatic rings. The molecule has 2 aromatic heterocycles. The second-order valence-corrected chi connectivity index (χ2v) is 8.66. The Kier molecular flexibility index (Phi) is 4.30. The molecule has 0 amide bonds. The minimum absolute atomic E-state index is 0.136. The molecule has 0 spiro atoms. The zero-order valence-corrected chi connectivity index (χ0v) is 18.1. The summed E-state index contributed by atoms with van der Waals surface area (Å²) in [6.45, 7) is 0. The van der Waals surface area contributed by atoms with Gasteiger partial charge in [0.1, 0.15) is 5.75 Å². The summed E-state index contributed by atoms with van der Waals surface area (Å²) >= 11 is 1.78. The molecule has 6 rings (SSSR count). The number of methoxy groups -OCH3 is 1. The van der Waals surface area contributed by atoms with E-state index in [0.29, 0.717) is 17.3 Å². The Morgan fingerprint density at radius 1 is 0.719 bits per heavy atom. The standard InChI is InChI=1S/C27H18N2O2S/c1-31-25-15-21(28-27(29-25)18-10-4-6-12-22(18)30)20-14-24-26(17-9-3-2-8-16(17)20)19-11-5-7-13-23(19)32-24/h2-15,30H,1H3. The SMILES string of the molecule is COc1cc(-c2cc3sc4ccccc4c3c3ccccc23)nc(-c2ccccc2O)n1. The van der Waals surface area contributed by atoms with Crippen LogP contribution in [0.3, 0.4) is 0 Å². The number of para-hydroxylation sites is 1. The molecule has 154 valence electrons.